The van der Waals surface area contributed by atoms with Crippen molar-refractivity contribution in [2.24, 2.45) is 5.10 Å². The lowest BCUT2D eigenvalue weighted by Crippen LogP contribution is -2.16. The number of benzene rings is 2. The van der Waals surface area contributed by atoms with Crippen molar-refractivity contribution in [2.75, 3.05) is 12.5 Å². The van der Waals surface area contributed by atoms with Gasteiger partial charge in [-0.05, 0) is 23.8 Å². The first-order valence-corrected chi connectivity index (χ1v) is 8.81. The van der Waals surface area contributed by atoms with Crippen molar-refractivity contribution in [3.63, 3.8) is 0 Å². The normalized spacial score (nSPS) is 10.6. The molecular formula is C20H16ClN5O2. The zero-order valence-electron chi connectivity index (χ0n) is 14.9. The second-order valence-electron chi connectivity index (χ2n) is 5.69. The first kappa shape index (κ1) is 19.1. The van der Waals surface area contributed by atoms with E-state index in [9.17, 15) is 10.1 Å². The summed E-state index contributed by atoms with van der Waals surface area (Å²) in [7, 11) is 1.58. The minimum absolute atomic E-state index is 0.0531. The van der Waals surface area contributed by atoms with Gasteiger partial charge in [0.05, 0.1) is 24.9 Å². The van der Waals surface area contributed by atoms with E-state index in [0.717, 1.165) is 11.1 Å². The van der Waals surface area contributed by atoms with Gasteiger partial charge in [-0.25, -0.2) is 10.4 Å². The van der Waals surface area contributed by atoms with Gasteiger partial charge in [-0.1, -0.05) is 30.3 Å². The molecule has 1 heterocycles. The summed E-state index contributed by atoms with van der Waals surface area (Å²) in [6.07, 6.45) is 1.57. The summed E-state index contributed by atoms with van der Waals surface area (Å²) in [6, 6.07) is 16.4. The molecule has 0 aliphatic rings. The molecule has 2 N–H and O–H groups in total. The third kappa shape index (κ3) is 4.19. The number of nitrogens with one attached hydrogen (secondary N) is 2. The molecule has 0 saturated carbocycles. The maximum atomic E-state index is 12.2. The van der Waals surface area contributed by atoms with Gasteiger partial charge in [-0.2, -0.15) is 10.4 Å². The van der Waals surface area contributed by atoms with Crippen molar-refractivity contribution >= 4 is 23.8 Å². The van der Waals surface area contributed by atoms with Gasteiger partial charge in [0.25, 0.3) is 5.56 Å². The monoisotopic (exact) mass is 393 g/mol. The molecule has 7 nitrogen and oxygen atoms in total. The summed E-state index contributed by atoms with van der Waals surface area (Å²) in [5.74, 6) is 1.14. The Bertz CT molecular complexity index is 1100. The van der Waals surface area contributed by atoms with Gasteiger partial charge in [0.2, 0.25) is 5.95 Å². The Morgan fingerprint density at radius 3 is 2.79 bits per heavy atom. The highest BCUT2D eigenvalue weighted by molar-refractivity contribution is 6.17. The molecule has 140 valence electrons. The van der Waals surface area contributed by atoms with E-state index < -0.39 is 5.56 Å². The fourth-order valence-electron chi connectivity index (χ4n) is 2.59. The molecule has 0 atom stereocenters. The first-order chi connectivity index (χ1) is 13.7. The number of hydrogen-bond donors (Lipinski definition) is 2. The number of nitriles is 1. The van der Waals surface area contributed by atoms with Crippen molar-refractivity contribution in [3.8, 4) is 23.1 Å². The van der Waals surface area contributed by atoms with Crippen LogP contribution in [0, 0.1) is 11.3 Å². The number of H-pyrrole nitrogens is 1. The predicted octanol–water partition coefficient (Wildman–Crippen LogP) is 3.50. The lowest BCUT2D eigenvalue weighted by Gasteiger charge is -2.07. The molecule has 0 bridgehead atoms. The molecule has 0 fully saturated rings. The quantitative estimate of drug-likeness (QED) is 0.379. The second kappa shape index (κ2) is 8.84. The van der Waals surface area contributed by atoms with E-state index in [1.54, 1.807) is 31.5 Å². The van der Waals surface area contributed by atoms with E-state index in [0.29, 0.717) is 22.9 Å². The lowest BCUT2D eigenvalue weighted by atomic mass is 10.1. The van der Waals surface area contributed by atoms with Crippen molar-refractivity contribution < 1.29 is 4.74 Å². The van der Waals surface area contributed by atoms with Crippen molar-refractivity contribution in [2.45, 2.75) is 5.88 Å². The zero-order valence-corrected chi connectivity index (χ0v) is 15.7. The zero-order chi connectivity index (χ0) is 19.9. The van der Waals surface area contributed by atoms with Gasteiger partial charge >= 0.3 is 0 Å². The second-order valence-corrected chi connectivity index (χ2v) is 5.96. The van der Waals surface area contributed by atoms with Crippen LogP contribution in [0.3, 0.4) is 0 Å². The number of aromatic amines is 1. The van der Waals surface area contributed by atoms with Crippen LogP contribution in [-0.2, 0) is 5.88 Å². The van der Waals surface area contributed by atoms with Gasteiger partial charge in [-0.15, -0.1) is 11.6 Å². The van der Waals surface area contributed by atoms with Gasteiger partial charge in [0.15, 0.2) is 0 Å². The van der Waals surface area contributed by atoms with E-state index in [1.165, 1.54) is 0 Å². The molecule has 3 aromatic rings. The average Bonchev–Trinajstić information content (AvgIpc) is 2.73. The SMILES string of the molecule is COc1ccc(C=NNc2nc(-c3ccccc3)c(C#N)c(=O)[nH]2)cc1CCl. The topological polar surface area (TPSA) is 103 Å². The lowest BCUT2D eigenvalue weighted by molar-refractivity contribution is 0.411. The van der Waals surface area contributed by atoms with E-state index in [4.69, 9.17) is 16.3 Å². The number of halogens is 1. The van der Waals surface area contributed by atoms with E-state index in [1.807, 2.05) is 36.4 Å². The van der Waals surface area contributed by atoms with E-state index in [-0.39, 0.29) is 11.5 Å². The summed E-state index contributed by atoms with van der Waals surface area (Å²) in [6.45, 7) is 0. The fraction of sp³-hybridized carbons (Fsp3) is 0.100. The van der Waals surface area contributed by atoms with Crippen molar-refractivity contribution in [1.29, 1.82) is 5.26 Å². The maximum Gasteiger partial charge on any atom is 0.270 e. The number of alkyl halides is 1. The molecule has 3 rings (SSSR count). The van der Waals surface area contributed by atoms with Crippen LogP contribution < -0.4 is 15.7 Å². The molecule has 0 aliphatic carbocycles. The molecule has 0 amide bonds. The molecule has 8 heteroatoms. The van der Waals surface area contributed by atoms with E-state index >= 15 is 0 Å². The van der Waals surface area contributed by atoms with Gasteiger partial charge < -0.3 is 4.74 Å². The molecule has 28 heavy (non-hydrogen) atoms. The fourth-order valence-corrected chi connectivity index (χ4v) is 2.79. The number of ether oxygens (including phenoxy) is 1. The molecule has 2 aromatic carbocycles. The van der Waals surface area contributed by atoms with Gasteiger partial charge in [0, 0.05) is 11.1 Å². The molecule has 0 unspecified atom stereocenters. The largest absolute Gasteiger partial charge is 0.496 e. The number of anilines is 1. The molecular weight excluding hydrogens is 378 g/mol. The van der Waals surface area contributed by atoms with Crippen LogP contribution in [0.4, 0.5) is 5.95 Å². The minimum atomic E-state index is -0.539. The minimum Gasteiger partial charge on any atom is -0.496 e. The number of rotatable bonds is 6. The highest BCUT2D eigenvalue weighted by Crippen LogP contribution is 2.21. The summed E-state index contributed by atoms with van der Waals surface area (Å²) in [4.78, 5) is 19.0. The summed E-state index contributed by atoms with van der Waals surface area (Å²) < 4.78 is 5.23. The maximum absolute atomic E-state index is 12.2. The van der Waals surface area contributed by atoms with E-state index in [2.05, 4.69) is 20.5 Å². The predicted molar refractivity (Wildman–Crippen MR) is 109 cm³/mol. The van der Waals surface area contributed by atoms with Crippen LogP contribution in [0.5, 0.6) is 5.75 Å². The third-order valence-electron chi connectivity index (χ3n) is 3.91. The Morgan fingerprint density at radius 1 is 1.32 bits per heavy atom. The average molecular weight is 394 g/mol. The molecule has 0 saturated heterocycles. The summed E-state index contributed by atoms with van der Waals surface area (Å²) in [5.41, 5.74) is 4.69. The smallest absolute Gasteiger partial charge is 0.270 e. The Labute approximate surface area is 166 Å². The number of nitrogens with zero attached hydrogens (tertiary/aromatic N) is 3. The number of hydrazone groups is 1. The Morgan fingerprint density at radius 2 is 2.11 bits per heavy atom. The number of methoxy groups -OCH3 is 1. The number of hydrogen-bond acceptors (Lipinski definition) is 6. The Hall–Kier alpha value is -3.63. The van der Waals surface area contributed by atoms with Crippen LogP contribution in [0.25, 0.3) is 11.3 Å². The first-order valence-electron chi connectivity index (χ1n) is 8.28. The number of aromatic nitrogens is 2. The van der Waals surface area contributed by atoms with Crippen LogP contribution >= 0.6 is 11.6 Å². The molecule has 1 aromatic heterocycles. The van der Waals surface area contributed by atoms with Gasteiger partial charge in [-0.3, -0.25) is 9.78 Å². The summed E-state index contributed by atoms with van der Waals surface area (Å²) >= 11 is 5.92. The summed E-state index contributed by atoms with van der Waals surface area (Å²) in [5, 5.41) is 13.4. The van der Waals surface area contributed by atoms with Crippen LogP contribution in [0.15, 0.2) is 58.4 Å². The standard InChI is InChI=1S/C20H16ClN5O2/c1-28-17-8-7-13(9-15(17)10-21)12-23-26-20-24-18(14-5-3-2-4-6-14)16(11-22)19(27)25-20/h2-9,12H,10H2,1H3,(H2,24,25,26,27). The third-order valence-corrected chi connectivity index (χ3v) is 4.20. The van der Waals surface area contributed by atoms with Crippen LogP contribution in [-0.4, -0.2) is 23.3 Å². The van der Waals surface area contributed by atoms with Crippen LogP contribution in [0.2, 0.25) is 0 Å². The molecule has 0 spiro atoms. The molecule has 0 aliphatic heterocycles. The van der Waals surface area contributed by atoms with Crippen molar-refractivity contribution in [1.82, 2.24) is 9.97 Å². The van der Waals surface area contributed by atoms with Crippen molar-refractivity contribution in [3.05, 3.63) is 75.6 Å². The van der Waals surface area contributed by atoms with Crippen LogP contribution in [0.1, 0.15) is 16.7 Å². The highest BCUT2D eigenvalue weighted by atomic mass is 35.5. The molecule has 0 radical (unpaired) electrons. The Kier molecular flexibility index (Phi) is 6.04. The Balaban J connectivity index is 1.87. The van der Waals surface area contributed by atoms with Gasteiger partial charge in [0.1, 0.15) is 17.4 Å². The highest BCUT2D eigenvalue weighted by Gasteiger charge is 2.12.